The Kier molecular flexibility index (Phi) is 3.59. The fourth-order valence-electron chi connectivity index (χ4n) is 4.27. The second kappa shape index (κ2) is 5.66. The van der Waals surface area contributed by atoms with Crippen molar-refractivity contribution in [3.05, 3.63) is 35.7 Å². The Morgan fingerprint density at radius 2 is 1.81 bits per heavy atom. The van der Waals surface area contributed by atoms with Crippen LogP contribution in [-0.4, -0.2) is 32.8 Å². The molecular weight excluding hydrogens is 320 g/mol. The van der Waals surface area contributed by atoms with Crippen LogP contribution >= 0.6 is 0 Å². The molecule has 5 rings (SSSR count). The summed E-state index contributed by atoms with van der Waals surface area (Å²) in [6, 6.07) is 9.50. The molecule has 0 radical (unpaired) electrons. The fraction of sp³-hybridized carbons (Fsp3) is 0.636. The molecule has 2 heterocycles. The monoisotopic (exact) mass is 350 g/mol. The zero-order chi connectivity index (χ0) is 17.9. The molecule has 2 aliphatic carbocycles. The molecule has 0 atom stereocenters. The maximum atomic E-state index is 4.98. The molecule has 3 fully saturated rings. The van der Waals surface area contributed by atoms with Crippen molar-refractivity contribution in [2.24, 2.45) is 5.41 Å². The van der Waals surface area contributed by atoms with E-state index in [1.54, 1.807) is 0 Å². The quantitative estimate of drug-likeness (QED) is 0.810. The summed E-state index contributed by atoms with van der Waals surface area (Å²) in [4.78, 5) is 7.54. The lowest BCUT2D eigenvalue weighted by Gasteiger charge is -2.19. The summed E-state index contributed by atoms with van der Waals surface area (Å²) < 4.78 is 2.20. The van der Waals surface area contributed by atoms with Crippen LogP contribution in [0.3, 0.4) is 0 Å². The van der Waals surface area contributed by atoms with E-state index >= 15 is 0 Å². The molecule has 3 aliphatic rings. The molecule has 0 N–H and O–H groups in total. The number of hydrogen-bond donors (Lipinski definition) is 0. The third-order valence-corrected chi connectivity index (χ3v) is 6.42. The number of hydrogen-bond acceptors (Lipinski definition) is 3. The van der Waals surface area contributed by atoms with E-state index in [-0.39, 0.29) is 5.41 Å². The molecular formula is C22H30N4. The van der Waals surface area contributed by atoms with Crippen LogP contribution in [0.1, 0.15) is 70.3 Å². The minimum Gasteiger partial charge on any atom is -0.295 e. The molecule has 1 aliphatic heterocycles. The molecule has 0 unspecified atom stereocenters. The van der Waals surface area contributed by atoms with Crippen molar-refractivity contribution in [3.8, 4) is 11.4 Å². The van der Waals surface area contributed by atoms with Gasteiger partial charge in [-0.2, -0.15) is 5.10 Å². The van der Waals surface area contributed by atoms with Gasteiger partial charge < -0.3 is 0 Å². The second-order valence-electron chi connectivity index (χ2n) is 9.82. The van der Waals surface area contributed by atoms with Crippen LogP contribution in [0.4, 0.5) is 0 Å². The van der Waals surface area contributed by atoms with Crippen molar-refractivity contribution >= 4 is 0 Å². The molecule has 138 valence electrons. The van der Waals surface area contributed by atoms with E-state index in [2.05, 4.69) is 54.6 Å². The van der Waals surface area contributed by atoms with Crippen LogP contribution in [0.2, 0.25) is 0 Å². The average Bonchev–Trinajstić information content (AvgIpc) is 3.50. The van der Waals surface area contributed by atoms with Crippen molar-refractivity contribution in [1.82, 2.24) is 19.7 Å². The molecule has 2 aromatic rings. The van der Waals surface area contributed by atoms with Crippen LogP contribution in [0.25, 0.3) is 11.4 Å². The van der Waals surface area contributed by atoms with Gasteiger partial charge in [-0.3, -0.25) is 4.90 Å². The normalized spacial score (nSPS) is 22.3. The third kappa shape index (κ3) is 3.09. The van der Waals surface area contributed by atoms with Gasteiger partial charge in [-0.15, -0.1) is 0 Å². The molecule has 4 heteroatoms. The highest BCUT2D eigenvalue weighted by atomic mass is 15.4. The van der Waals surface area contributed by atoms with Gasteiger partial charge in [-0.1, -0.05) is 45.0 Å². The van der Waals surface area contributed by atoms with E-state index in [9.17, 15) is 0 Å². The highest BCUT2D eigenvalue weighted by Crippen LogP contribution is 2.52. The van der Waals surface area contributed by atoms with E-state index < -0.39 is 0 Å². The Hall–Kier alpha value is -1.68. The summed E-state index contributed by atoms with van der Waals surface area (Å²) in [6.07, 6.45) is 6.71. The van der Waals surface area contributed by atoms with Crippen molar-refractivity contribution in [2.45, 2.75) is 70.9 Å². The first-order chi connectivity index (χ1) is 12.4. The van der Waals surface area contributed by atoms with Gasteiger partial charge in [0.2, 0.25) is 0 Å². The molecule has 2 saturated carbocycles. The summed E-state index contributed by atoms with van der Waals surface area (Å²) in [5.41, 5.74) is 3.42. The predicted molar refractivity (Wildman–Crippen MR) is 104 cm³/mol. The molecule has 1 aromatic heterocycles. The Morgan fingerprint density at radius 3 is 2.38 bits per heavy atom. The first kappa shape index (κ1) is 16.5. The van der Waals surface area contributed by atoms with Crippen LogP contribution in [0.15, 0.2) is 24.3 Å². The molecule has 0 amide bonds. The molecule has 1 saturated heterocycles. The third-order valence-electron chi connectivity index (χ3n) is 6.42. The van der Waals surface area contributed by atoms with Crippen molar-refractivity contribution in [2.75, 3.05) is 13.1 Å². The molecule has 0 bridgehead atoms. The minimum absolute atomic E-state index is 0.183. The van der Waals surface area contributed by atoms with Gasteiger partial charge in [0.05, 0.1) is 12.6 Å². The zero-order valence-electron chi connectivity index (χ0n) is 16.3. The van der Waals surface area contributed by atoms with Gasteiger partial charge in [-0.05, 0) is 55.0 Å². The summed E-state index contributed by atoms with van der Waals surface area (Å²) in [6.45, 7) is 10.2. The largest absolute Gasteiger partial charge is 0.295 e. The topological polar surface area (TPSA) is 34.0 Å². The standard InChI is InChI=1S/C22H30N4/c1-21(2,3)17-6-4-16(5-7-17)20-23-19(24-26(20)18-8-9-18)14-25-13-12-22(15-25)10-11-22/h4-7,18H,8-15H2,1-3H3. The Morgan fingerprint density at radius 1 is 1.08 bits per heavy atom. The van der Waals surface area contributed by atoms with Crippen molar-refractivity contribution < 1.29 is 0 Å². The first-order valence-electron chi connectivity index (χ1n) is 10.2. The van der Waals surface area contributed by atoms with Gasteiger partial charge in [0.25, 0.3) is 0 Å². The van der Waals surface area contributed by atoms with Crippen molar-refractivity contribution in [3.63, 3.8) is 0 Å². The average molecular weight is 351 g/mol. The van der Waals surface area contributed by atoms with E-state index in [4.69, 9.17) is 10.1 Å². The number of rotatable bonds is 4. The number of likely N-dealkylation sites (tertiary alicyclic amines) is 1. The van der Waals surface area contributed by atoms with Crippen LogP contribution in [0.5, 0.6) is 0 Å². The SMILES string of the molecule is CC(C)(C)c1ccc(-c2nc(CN3CCC4(CC4)C3)nn2C2CC2)cc1. The molecule has 1 spiro atoms. The van der Waals surface area contributed by atoms with E-state index in [1.165, 1.54) is 56.3 Å². The lowest BCUT2D eigenvalue weighted by atomic mass is 9.87. The minimum atomic E-state index is 0.183. The van der Waals surface area contributed by atoms with Gasteiger partial charge in [0, 0.05) is 12.1 Å². The van der Waals surface area contributed by atoms with Crippen LogP contribution in [0, 0.1) is 5.41 Å². The summed E-state index contributed by atoms with van der Waals surface area (Å²) in [5.74, 6) is 2.06. The fourth-order valence-corrected chi connectivity index (χ4v) is 4.27. The van der Waals surface area contributed by atoms with Crippen LogP contribution < -0.4 is 0 Å². The Balaban J connectivity index is 1.40. The first-order valence-corrected chi connectivity index (χ1v) is 10.2. The lowest BCUT2D eigenvalue weighted by molar-refractivity contribution is 0.304. The van der Waals surface area contributed by atoms with E-state index in [1.807, 2.05) is 0 Å². The van der Waals surface area contributed by atoms with Gasteiger partial charge in [0.15, 0.2) is 11.6 Å². The van der Waals surface area contributed by atoms with Crippen molar-refractivity contribution in [1.29, 1.82) is 0 Å². The predicted octanol–water partition coefficient (Wildman–Crippen LogP) is 4.56. The molecule has 26 heavy (non-hydrogen) atoms. The number of benzene rings is 1. The zero-order valence-corrected chi connectivity index (χ0v) is 16.3. The summed E-state index contributed by atoms with van der Waals surface area (Å²) >= 11 is 0. The van der Waals surface area contributed by atoms with Gasteiger partial charge >= 0.3 is 0 Å². The maximum Gasteiger partial charge on any atom is 0.165 e. The Bertz CT molecular complexity index is 804. The number of nitrogens with zero attached hydrogens (tertiary/aromatic N) is 4. The van der Waals surface area contributed by atoms with Crippen LogP contribution in [-0.2, 0) is 12.0 Å². The highest BCUT2D eigenvalue weighted by Gasteiger charge is 2.47. The smallest absolute Gasteiger partial charge is 0.165 e. The maximum absolute atomic E-state index is 4.98. The van der Waals surface area contributed by atoms with Gasteiger partial charge in [0.1, 0.15) is 0 Å². The molecule has 4 nitrogen and oxygen atoms in total. The lowest BCUT2D eigenvalue weighted by Crippen LogP contribution is -2.21. The second-order valence-corrected chi connectivity index (χ2v) is 9.82. The van der Waals surface area contributed by atoms with E-state index in [0.717, 1.165) is 18.2 Å². The summed E-state index contributed by atoms with van der Waals surface area (Å²) in [5, 5.41) is 4.92. The van der Waals surface area contributed by atoms with E-state index in [0.29, 0.717) is 11.5 Å². The van der Waals surface area contributed by atoms with Gasteiger partial charge in [-0.25, -0.2) is 9.67 Å². The highest BCUT2D eigenvalue weighted by molar-refractivity contribution is 5.56. The summed E-state index contributed by atoms with van der Waals surface area (Å²) in [7, 11) is 0. The Labute approximate surface area is 156 Å². The number of aromatic nitrogens is 3. The molecule has 1 aromatic carbocycles.